The number of rotatable bonds is 6. The van der Waals surface area contributed by atoms with Crippen LogP contribution in [-0.4, -0.2) is 54.2 Å². The maximum atomic E-state index is 12.2. The molecule has 3 heterocycles. The fraction of sp³-hybridized carbons (Fsp3) is 0.385. The minimum absolute atomic E-state index is 0.0187. The molecule has 0 radical (unpaired) electrons. The molecule has 0 atom stereocenters. The lowest BCUT2D eigenvalue weighted by Crippen LogP contribution is -2.47. The molecule has 1 aromatic heterocycles. The topological polar surface area (TPSA) is 78.6 Å². The van der Waals surface area contributed by atoms with Crippen molar-refractivity contribution < 1.29 is 4.92 Å². The Morgan fingerprint density at radius 2 is 1.49 bits per heavy atom. The van der Waals surface area contributed by atoms with Crippen molar-refractivity contribution in [3.8, 4) is 0 Å². The Hall–Kier alpha value is -3.39. The van der Waals surface area contributed by atoms with E-state index in [1.807, 2.05) is 35.2 Å². The van der Waals surface area contributed by atoms with Gasteiger partial charge >= 0.3 is 5.69 Å². The number of halogens is 1. The van der Waals surface area contributed by atoms with Gasteiger partial charge in [0.05, 0.1) is 4.92 Å². The van der Waals surface area contributed by atoms with Gasteiger partial charge in [-0.1, -0.05) is 48.0 Å². The van der Waals surface area contributed by atoms with Crippen molar-refractivity contribution in [2.75, 3.05) is 54.0 Å². The number of nitro groups is 1. The quantitative estimate of drug-likeness (QED) is 0.360. The molecule has 0 aliphatic carbocycles. The molecule has 35 heavy (non-hydrogen) atoms. The molecule has 0 spiro atoms. The Kier molecular flexibility index (Phi) is 6.99. The van der Waals surface area contributed by atoms with Crippen LogP contribution in [0.15, 0.2) is 60.9 Å². The molecule has 2 saturated heterocycles. The minimum Gasteiger partial charge on any atom is -0.368 e. The number of hydrogen-bond donors (Lipinski definition) is 0. The summed E-state index contributed by atoms with van der Waals surface area (Å²) in [6.45, 7) is 4.28. The first-order valence-corrected chi connectivity index (χ1v) is 12.5. The van der Waals surface area contributed by atoms with Crippen molar-refractivity contribution in [1.82, 2.24) is 9.97 Å². The van der Waals surface area contributed by atoms with Crippen LogP contribution in [0, 0.1) is 16.0 Å². The van der Waals surface area contributed by atoms with E-state index in [2.05, 4.69) is 44.0 Å². The third-order valence-electron chi connectivity index (χ3n) is 7.00. The molecule has 0 unspecified atom stereocenters. The highest BCUT2D eigenvalue weighted by molar-refractivity contribution is 6.30. The molecule has 2 aliphatic heterocycles. The van der Waals surface area contributed by atoms with Crippen LogP contribution in [0.4, 0.5) is 23.0 Å². The van der Waals surface area contributed by atoms with Gasteiger partial charge in [0.25, 0.3) is 0 Å². The smallest absolute Gasteiger partial charge is 0.353 e. The summed E-state index contributed by atoms with van der Waals surface area (Å²) in [5.41, 5.74) is 2.43. The lowest BCUT2D eigenvalue weighted by atomic mass is 9.90. The third kappa shape index (κ3) is 5.32. The number of aromatic nitrogens is 2. The van der Waals surface area contributed by atoms with Crippen molar-refractivity contribution in [2.45, 2.75) is 19.3 Å². The van der Waals surface area contributed by atoms with Gasteiger partial charge in [-0.2, -0.15) is 0 Å². The second kappa shape index (κ2) is 10.5. The molecule has 0 saturated carbocycles. The van der Waals surface area contributed by atoms with Crippen molar-refractivity contribution in [1.29, 1.82) is 0 Å². The average Bonchev–Trinajstić information content (AvgIpc) is 2.89. The summed E-state index contributed by atoms with van der Waals surface area (Å²) < 4.78 is 0. The molecule has 8 nitrogen and oxygen atoms in total. The zero-order chi connectivity index (χ0) is 24.2. The molecule has 0 bridgehead atoms. The van der Waals surface area contributed by atoms with Crippen molar-refractivity contribution >= 4 is 34.6 Å². The second-order valence-electron chi connectivity index (χ2n) is 9.20. The third-order valence-corrected chi connectivity index (χ3v) is 7.24. The van der Waals surface area contributed by atoms with E-state index in [1.165, 1.54) is 11.9 Å². The van der Waals surface area contributed by atoms with Crippen LogP contribution >= 0.6 is 11.6 Å². The lowest BCUT2D eigenvalue weighted by molar-refractivity contribution is -0.383. The average molecular weight is 493 g/mol. The fourth-order valence-electron chi connectivity index (χ4n) is 5.13. The molecular weight excluding hydrogens is 464 g/mol. The summed E-state index contributed by atoms with van der Waals surface area (Å²) in [7, 11) is 0. The summed E-state index contributed by atoms with van der Waals surface area (Å²) in [6.07, 6.45) is 4.49. The number of benzene rings is 2. The summed E-state index contributed by atoms with van der Waals surface area (Å²) in [4.78, 5) is 27.0. The molecule has 182 valence electrons. The monoisotopic (exact) mass is 492 g/mol. The van der Waals surface area contributed by atoms with Gasteiger partial charge < -0.3 is 14.7 Å². The number of hydrogen-bond acceptors (Lipinski definition) is 7. The number of nitrogens with zero attached hydrogens (tertiary/aromatic N) is 6. The van der Waals surface area contributed by atoms with Crippen LogP contribution in [-0.2, 0) is 6.42 Å². The van der Waals surface area contributed by atoms with Crippen molar-refractivity contribution in [2.24, 2.45) is 5.92 Å². The van der Waals surface area contributed by atoms with Crippen LogP contribution < -0.4 is 14.7 Å². The van der Waals surface area contributed by atoms with E-state index in [-0.39, 0.29) is 10.6 Å². The molecule has 2 aliphatic rings. The zero-order valence-corrected chi connectivity index (χ0v) is 20.3. The molecule has 5 rings (SSSR count). The summed E-state index contributed by atoms with van der Waals surface area (Å²) in [5.74, 6) is 1.43. The van der Waals surface area contributed by atoms with E-state index in [4.69, 9.17) is 11.6 Å². The van der Waals surface area contributed by atoms with Gasteiger partial charge in [0.1, 0.15) is 6.33 Å². The normalized spacial score (nSPS) is 17.0. The lowest BCUT2D eigenvalue weighted by Gasteiger charge is -2.37. The molecule has 9 heteroatoms. The largest absolute Gasteiger partial charge is 0.368 e. The number of anilines is 3. The highest BCUT2D eigenvalue weighted by Gasteiger charge is 2.33. The SMILES string of the molecule is O=[N+]([O-])c1c(N2CCC(Cc3ccccc3)CC2)ncnc1N1CCN(c2cccc(Cl)c2)CC1. The Labute approximate surface area is 210 Å². The second-order valence-corrected chi connectivity index (χ2v) is 9.64. The summed E-state index contributed by atoms with van der Waals surface area (Å²) in [6, 6.07) is 18.3. The van der Waals surface area contributed by atoms with E-state index < -0.39 is 0 Å². The van der Waals surface area contributed by atoms with Gasteiger partial charge in [-0.05, 0) is 48.9 Å². The predicted molar refractivity (Wildman–Crippen MR) is 140 cm³/mol. The Morgan fingerprint density at radius 3 is 2.11 bits per heavy atom. The van der Waals surface area contributed by atoms with E-state index in [0.717, 1.165) is 51.1 Å². The van der Waals surface area contributed by atoms with Gasteiger partial charge in [-0.15, -0.1) is 0 Å². The van der Waals surface area contributed by atoms with Crippen LogP contribution in [0.1, 0.15) is 18.4 Å². The van der Waals surface area contributed by atoms with Crippen molar-refractivity contribution in [3.63, 3.8) is 0 Å². The molecular formula is C26H29ClN6O2. The highest BCUT2D eigenvalue weighted by atomic mass is 35.5. The van der Waals surface area contributed by atoms with Crippen LogP contribution in [0.5, 0.6) is 0 Å². The first kappa shape index (κ1) is 23.4. The predicted octanol–water partition coefficient (Wildman–Crippen LogP) is 4.82. The maximum Gasteiger partial charge on any atom is 0.353 e. The first-order chi connectivity index (χ1) is 17.1. The summed E-state index contributed by atoms with van der Waals surface area (Å²) in [5, 5.41) is 12.9. The Morgan fingerprint density at radius 1 is 0.857 bits per heavy atom. The molecule has 3 aromatic rings. The van der Waals surface area contributed by atoms with E-state index in [9.17, 15) is 10.1 Å². The minimum atomic E-state index is -0.315. The van der Waals surface area contributed by atoms with Crippen LogP contribution in [0.3, 0.4) is 0 Å². The van der Waals surface area contributed by atoms with Crippen LogP contribution in [0.2, 0.25) is 5.02 Å². The van der Waals surface area contributed by atoms with Crippen molar-refractivity contribution in [3.05, 3.63) is 81.6 Å². The summed E-state index contributed by atoms with van der Waals surface area (Å²) >= 11 is 6.15. The molecule has 2 fully saturated rings. The maximum absolute atomic E-state index is 12.2. The molecule has 0 N–H and O–H groups in total. The van der Waals surface area contributed by atoms with Gasteiger partial charge in [-0.3, -0.25) is 10.1 Å². The molecule has 0 amide bonds. The molecule has 2 aromatic carbocycles. The van der Waals surface area contributed by atoms with Gasteiger partial charge in [0.15, 0.2) is 0 Å². The standard InChI is InChI=1S/C26H29ClN6O2/c27-22-7-4-8-23(18-22)30-13-15-32(16-14-30)26-24(33(34)35)25(28-19-29-26)31-11-9-21(10-12-31)17-20-5-2-1-3-6-20/h1-8,18-19,21H,9-17H2. The fourth-order valence-corrected chi connectivity index (χ4v) is 5.32. The zero-order valence-electron chi connectivity index (χ0n) is 19.6. The number of piperidine rings is 1. The van der Waals surface area contributed by atoms with Crippen LogP contribution in [0.25, 0.3) is 0 Å². The first-order valence-electron chi connectivity index (χ1n) is 12.1. The number of piperazine rings is 1. The van der Waals surface area contributed by atoms with E-state index >= 15 is 0 Å². The van der Waals surface area contributed by atoms with E-state index in [1.54, 1.807) is 0 Å². The Balaban J connectivity index is 1.28. The Bertz CT molecular complexity index is 1160. The van der Waals surface area contributed by atoms with E-state index in [0.29, 0.717) is 35.7 Å². The van der Waals surface area contributed by atoms with Gasteiger partial charge in [-0.25, -0.2) is 9.97 Å². The van der Waals surface area contributed by atoms with Gasteiger partial charge in [0.2, 0.25) is 11.6 Å². The van der Waals surface area contributed by atoms with Gasteiger partial charge in [0, 0.05) is 50.0 Å². The highest BCUT2D eigenvalue weighted by Crippen LogP contribution is 2.37.